The van der Waals surface area contributed by atoms with E-state index in [0.717, 1.165) is 10.4 Å². The molecule has 3 aromatic heterocycles. The van der Waals surface area contributed by atoms with Crippen LogP contribution in [0.25, 0.3) is 15.5 Å². The summed E-state index contributed by atoms with van der Waals surface area (Å²) in [5, 5.41) is 12.4. The topological polar surface area (TPSA) is 88.7 Å². The van der Waals surface area contributed by atoms with Gasteiger partial charge in [-0.1, -0.05) is 0 Å². The van der Waals surface area contributed by atoms with Gasteiger partial charge in [0.1, 0.15) is 11.4 Å². The summed E-state index contributed by atoms with van der Waals surface area (Å²) in [6, 6.07) is 1.91. The molecule has 0 aromatic carbocycles. The van der Waals surface area contributed by atoms with Gasteiger partial charge in [0.25, 0.3) is 0 Å². The Morgan fingerprint density at radius 3 is 2.73 bits per heavy atom. The summed E-state index contributed by atoms with van der Waals surface area (Å²) in [5.41, 5.74) is 1.80. The van der Waals surface area contributed by atoms with E-state index in [2.05, 4.69) is 4.98 Å². The zero-order chi connectivity index (χ0) is 15.9. The van der Waals surface area contributed by atoms with Crippen molar-refractivity contribution in [2.45, 2.75) is 13.3 Å². The summed E-state index contributed by atoms with van der Waals surface area (Å²) in [6.45, 7) is 1.94. The van der Waals surface area contributed by atoms with Crippen LogP contribution in [0.4, 0.5) is 0 Å². The van der Waals surface area contributed by atoms with E-state index in [1.165, 1.54) is 22.7 Å². The zero-order valence-corrected chi connectivity index (χ0v) is 13.0. The summed E-state index contributed by atoms with van der Waals surface area (Å²) < 4.78 is 1.60. The maximum absolute atomic E-state index is 12.4. The number of ketones is 2. The van der Waals surface area contributed by atoms with Gasteiger partial charge in [-0.15, -0.1) is 22.7 Å². The smallest absolute Gasteiger partial charge is 0.372 e. The Kier molecular flexibility index (Phi) is 3.63. The van der Waals surface area contributed by atoms with E-state index in [1.807, 2.05) is 18.4 Å². The Bertz CT molecular complexity index is 903. The fourth-order valence-corrected chi connectivity index (χ4v) is 3.69. The molecule has 0 aliphatic heterocycles. The number of aromatic nitrogens is 2. The third kappa shape index (κ3) is 2.46. The predicted octanol–water partition coefficient (Wildman–Crippen LogP) is 2.66. The third-order valence-corrected chi connectivity index (χ3v) is 4.86. The molecule has 3 aromatic rings. The van der Waals surface area contributed by atoms with Crippen LogP contribution in [0.3, 0.4) is 0 Å². The standard InChI is InChI=1S/C14H10N2O4S2/c1-7-4-10(22-6-7)11-12(8(17)5-9(18)13(19)20)16-2-3-21-14(16)15-11/h2-4,6H,5H2,1H3,(H,19,20). The van der Waals surface area contributed by atoms with E-state index in [-0.39, 0.29) is 5.69 Å². The van der Waals surface area contributed by atoms with Gasteiger partial charge in [0, 0.05) is 11.6 Å². The van der Waals surface area contributed by atoms with Gasteiger partial charge in [-0.25, -0.2) is 9.78 Å². The Balaban J connectivity index is 2.10. The molecule has 8 heteroatoms. The first-order chi connectivity index (χ1) is 10.5. The number of carboxylic acids is 1. The van der Waals surface area contributed by atoms with Crippen LogP contribution in [0.5, 0.6) is 0 Å². The summed E-state index contributed by atoms with van der Waals surface area (Å²) >= 11 is 2.82. The minimum absolute atomic E-state index is 0.257. The summed E-state index contributed by atoms with van der Waals surface area (Å²) in [6.07, 6.45) is 1.02. The molecule has 0 radical (unpaired) electrons. The maximum Gasteiger partial charge on any atom is 0.372 e. The van der Waals surface area contributed by atoms with E-state index in [0.29, 0.717) is 10.7 Å². The van der Waals surface area contributed by atoms with Crippen molar-refractivity contribution < 1.29 is 19.5 Å². The number of aryl methyl sites for hydroxylation is 1. The molecular formula is C14H10N2O4S2. The SMILES string of the molecule is Cc1csc(-c2nc3sccn3c2C(=O)CC(=O)C(=O)O)c1. The Labute approximate surface area is 132 Å². The molecule has 6 nitrogen and oxygen atoms in total. The van der Waals surface area contributed by atoms with Crippen molar-refractivity contribution in [3.05, 3.63) is 34.3 Å². The molecule has 0 aliphatic rings. The molecule has 0 unspecified atom stereocenters. The molecular weight excluding hydrogens is 324 g/mol. The van der Waals surface area contributed by atoms with Crippen LogP contribution in [0.1, 0.15) is 22.5 Å². The lowest BCUT2D eigenvalue weighted by Gasteiger charge is -2.00. The van der Waals surface area contributed by atoms with Gasteiger partial charge in [0.2, 0.25) is 5.78 Å². The molecule has 0 aliphatic carbocycles. The van der Waals surface area contributed by atoms with Crippen molar-refractivity contribution in [3.8, 4) is 10.6 Å². The van der Waals surface area contributed by atoms with Gasteiger partial charge in [-0.05, 0) is 23.9 Å². The zero-order valence-electron chi connectivity index (χ0n) is 11.4. The van der Waals surface area contributed by atoms with Gasteiger partial charge < -0.3 is 5.11 Å². The number of aliphatic carboxylic acids is 1. The molecule has 1 N–H and O–H groups in total. The second-order valence-corrected chi connectivity index (χ2v) is 6.47. The van der Waals surface area contributed by atoms with Crippen LogP contribution < -0.4 is 0 Å². The van der Waals surface area contributed by atoms with E-state index in [1.54, 1.807) is 16.0 Å². The molecule has 0 spiro atoms. The number of imidazole rings is 1. The number of carbonyl (C=O) groups is 3. The monoisotopic (exact) mass is 334 g/mol. The average molecular weight is 334 g/mol. The first-order valence-electron chi connectivity index (χ1n) is 6.27. The normalized spacial score (nSPS) is 11.0. The number of Topliss-reactive ketones (excluding diaryl/α,β-unsaturated/α-hetero) is 2. The Morgan fingerprint density at radius 1 is 1.32 bits per heavy atom. The van der Waals surface area contributed by atoms with E-state index >= 15 is 0 Å². The number of fused-ring (bicyclic) bond motifs is 1. The molecule has 0 saturated carbocycles. The van der Waals surface area contributed by atoms with E-state index < -0.39 is 24.0 Å². The van der Waals surface area contributed by atoms with Crippen LogP contribution in [-0.4, -0.2) is 32.0 Å². The van der Waals surface area contributed by atoms with Gasteiger partial charge in [-0.2, -0.15) is 0 Å². The largest absolute Gasteiger partial charge is 0.475 e. The molecule has 0 saturated heterocycles. The van der Waals surface area contributed by atoms with Crippen LogP contribution in [0, 0.1) is 6.92 Å². The lowest BCUT2D eigenvalue weighted by Crippen LogP contribution is -2.18. The highest BCUT2D eigenvalue weighted by atomic mass is 32.1. The number of thiazole rings is 1. The minimum atomic E-state index is -1.60. The molecule has 22 heavy (non-hydrogen) atoms. The fourth-order valence-electron chi connectivity index (χ4n) is 2.08. The van der Waals surface area contributed by atoms with Gasteiger partial charge in [0.15, 0.2) is 10.7 Å². The number of thiophene rings is 1. The van der Waals surface area contributed by atoms with Gasteiger partial charge >= 0.3 is 5.97 Å². The molecule has 112 valence electrons. The molecule has 0 amide bonds. The van der Waals surface area contributed by atoms with Crippen molar-refractivity contribution in [1.82, 2.24) is 9.38 Å². The minimum Gasteiger partial charge on any atom is -0.475 e. The lowest BCUT2D eigenvalue weighted by atomic mass is 10.1. The Hall–Kier alpha value is -2.32. The first-order valence-corrected chi connectivity index (χ1v) is 8.03. The quantitative estimate of drug-likeness (QED) is 0.440. The number of rotatable bonds is 5. The van der Waals surface area contributed by atoms with Gasteiger partial charge in [-0.3, -0.25) is 14.0 Å². The molecule has 0 atom stereocenters. The second-order valence-electron chi connectivity index (χ2n) is 4.68. The average Bonchev–Trinajstić information content (AvgIpc) is 3.11. The highest BCUT2D eigenvalue weighted by Gasteiger charge is 2.25. The molecule has 3 rings (SSSR count). The van der Waals surface area contributed by atoms with Crippen molar-refractivity contribution in [3.63, 3.8) is 0 Å². The highest BCUT2D eigenvalue weighted by Crippen LogP contribution is 2.32. The number of carbonyl (C=O) groups excluding carboxylic acids is 2. The van der Waals surface area contributed by atoms with Crippen molar-refractivity contribution in [2.75, 3.05) is 0 Å². The van der Waals surface area contributed by atoms with Crippen molar-refractivity contribution in [1.29, 1.82) is 0 Å². The molecule has 0 bridgehead atoms. The molecule has 3 heterocycles. The van der Waals surface area contributed by atoms with Crippen molar-refractivity contribution in [2.24, 2.45) is 0 Å². The number of hydrogen-bond donors (Lipinski definition) is 1. The summed E-state index contributed by atoms with van der Waals surface area (Å²) in [4.78, 5) is 40.3. The highest BCUT2D eigenvalue weighted by molar-refractivity contribution is 7.15. The predicted molar refractivity (Wildman–Crippen MR) is 82.7 cm³/mol. The first kappa shape index (κ1) is 14.6. The lowest BCUT2D eigenvalue weighted by molar-refractivity contribution is -0.148. The summed E-state index contributed by atoms with van der Waals surface area (Å²) in [7, 11) is 0. The van der Waals surface area contributed by atoms with Crippen LogP contribution in [0.2, 0.25) is 0 Å². The maximum atomic E-state index is 12.4. The number of nitrogens with zero attached hydrogens (tertiary/aromatic N) is 2. The fraction of sp³-hybridized carbons (Fsp3) is 0.143. The second kappa shape index (κ2) is 5.47. The van der Waals surface area contributed by atoms with Crippen molar-refractivity contribution >= 4 is 45.2 Å². The van der Waals surface area contributed by atoms with E-state index in [9.17, 15) is 14.4 Å². The third-order valence-electron chi connectivity index (χ3n) is 3.05. The van der Waals surface area contributed by atoms with Crippen LogP contribution in [-0.2, 0) is 9.59 Å². The summed E-state index contributed by atoms with van der Waals surface area (Å²) in [5.74, 6) is -3.27. The van der Waals surface area contributed by atoms with Gasteiger partial charge in [0.05, 0.1) is 11.3 Å². The van der Waals surface area contributed by atoms with Crippen LogP contribution >= 0.6 is 22.7 Å². The Morgan fingerprint density at radius 2 is 2.09 bits per heavy atom. The number of hydrogen-bond acceptors (Lipinski definition) is 6. The molecule has 0 fully saturated rings. The van der Waals surface area contributed by atoms with Crippen LogP contribution in [0.15, 0.2) is 23.0 Å². The van der Waals surface area contributed by atoms with E-state index in [4.69, 9.17) is 5.11 Å². The number of carboxylic acid groups (broad SMARTS) is 1.